The summed E-state index contributed by atoms with van der Waals surface area (Å²) in [5.41, 5.74) is 0.446. The molecule has 1 amide bonds. The lowest BCUT2D eigenvalue weighted by molar-refractivity contribution is -0.135. The third-order valence-corrected chi connectivity index (χ3v) is 4.96. The minimum absolute atomic E-state index is 0.0815. The zero-order chi connectivity index (χ0) is 20.2. The van der Waals surface area contributed by atoms with Crippen LogP contribution in [0.25, 0.3) is 6.08 Å². The van der Waals surface area contributed by atoms with Crippen LogP contribution >= 0.6 is 0 Å². The molecule has 152 valence electrons. The van der Waals surface area contributed by atoms with Gasteiger partial charge in [0.1, 0.15) is 17.3 Å². The Morgan fingerprint density at radius 3 is 2.76 bits per heavy atom. The van der Waals surface area contributed by atoms with Gasteiger partial charge in [0.05, 0.1) is 18.4 Å². The average molecular weight is 398 g/mol. The van der Waals surface area contributed by atoms with Crippen molar-refractivity contribution in [2.24, 2.45) is 0 Å². The van der Waals surface area contributed by atoms with Crippen molar-refractivity contribution in [2.75, 3.05) is 45.9 Å². The summed E-state index contributed by atoms with van der Waals surface area (Å²) in [5.74, 6) is 1.26. The Kier molecular flexibility index (Phi) is 5.64. The number of nitrogens with zero attached hydrogens (tertiary/aromatic N) is 2. The van der Waals surface area contributed by atoms with E-state index in [-0.39, 0.29) is 30.7 Å². The first-order valence-electron chi connectivity index (χ1n) is 9.49. The maximum atomic E-state index is 12.4. The summed E-state index contributed by atoms with van der Waals surface area (Å²) in [4.78, 5) is 28.7. The van der Waals surface area contributed by atoms with Crippen LogP contribution in [0.2, 0.25) is 0 Å². The summed E-state index contributed by atoms with van der Waals surface area (Å²) in [6.45, 7) is 3.39. The van der Waals surface area contributed by atoms with Gasteiger partial charge in [0.2, 0.25) is 5.78 Å². The van der Waals surface area contributed by atoms with Gasteiger partial charge in [0.25, 0.3) is 5.91 Å². The van der Waals surface area contributed by atoms with Crippen LogP contribution in [0.5, 0.6) is 11.5 Å². The van der Waals surface area contributed by atoms with Gasteiger partial charge < -0.3 is 23.9 Å². The van der Waals surface area contributed by atoms with E-state index in [4.69, 9.17) is 19.0 Å². The first-order valence-corrected chi connectivity index (χ1v) is 9.49. The van der Waals surface area contributed by atoms with Crippen LogP contribution in [-0.4, -0.2) is 72.5 Å². The first-order chi connectivity index (χ1) is 14.1. The molecule has 0 saturated carbocycles. The minimum Gasteiger partial charge on any atom is -0.484 e. The number of carbonyl (C=O) groups is 2. The average Bonchev–Trinajstić information content (AvgIpc) is 3.35. The van der Waals surface area contributed by atoms with Crippen LogP contribution in [0.4, 0.5) is 0 Å². The Bertz CT molecular complexity index is 913. The highest BCUT2D eigenvalue weighted by molar-refractivity contribution is 6.14. The van der Waals surface area contributed by atoms with Crippen molar-refractivity contribution in [2.45, 2.75) is 0 Å². The molecule has 0 atom stereocenters. The van der Waals surface area contributed by atoms with Gasteiger partial charge in [-0.2, -0.15) is 0 Å². The largest absolute Gasteiger partial charge is 0.484 e. The maximum absolute atomic E-state index is 12.4. The van der Waals surface area contributed by atoms with E-state index in [0.717, 1.165) is 13.1 Å². The number of piperazine rings is 1. The second-order valence-electron chi connectivity index (χ2n) is 6.85. The molecule has 3 heterocycles. The standard InChI is InChI=1S/C21H22N2O6/c24-10-9-22-5-7-23(8-6-22)20(25)14-28-16-3-4-17-18(12-16)29-19(21(17)26)13-15-2-1-11-27-15/h1-4,11-13,24H,5-10,14H2. The fraction of sp³-hybridized carbons (Fsp3) is 0.333. The summed E-state index contributed by atoms with van der Waals surface area (Å²) >= 11 is 0. The molecule has 1 aromatic heterocycles. The van der Waals surface area contributed by atoms with Gasteiger partial charge >= 0.3 is 0 Å². The number of aliphatic hydroxyl groups excluding tert-OH is 1. The normalized spacial score (nSPS) is 18.0. The highest BCUT2D eigenvalue weighted by Crippen LogP contribution is 2.34. The third-order valence-electron chi connectivity index (χ3n) is 4.96. The van der Waals surface area contributed by atoms with Crippen molar-refractivity contribution in [1.29, 1.82) is 0 Å². The van der Waals surface area contributed by atoms with Gasteiger partial charge in [0.15, 0.2) is 12.4 Å². The molecule has 0 bridgehead atoms. The van der Waals surface area contributed by atoms with Gasteiger partial charge in [-0.3, -0.25) is 14.5 Å². The van der Waals surface area contributed by atoms with Crippen LogP contribution in [-0.2, 0) is 4.79 Å². The van der Waals surface area contributed by atoms with Crippen molar-refractivity contribution in [3.8, 4) is 11.5 Å². The van der Waals surface area contributed by atoms with Crippen LogP contribution in [0.15, 0.2) is 46.8 Å². The van der Waals surface area contributed by atoms with E-state index < -0.39 is 0 Å². The predicted octanol–water partition coefficient (Wildman–Crippen LogP) is 1.41. The number of Topliss-reactive ketones (excluding diaryl/α,β-unsaturated/α-hetero) is 1. The molecular weight excluding hydrogens is 376 g/mol. The SMILES string of the molecule is O=C1C(=Cc2ccco2)Oc2cc(OCC(=O)N3CCN(CCO)CC3)ccc21. The molecule has 0 spiro atoms. The number of ketones is 1. The molecule has 1 fully saturated rings. The Morgan fingerprint density at radius 2 is 2.03 bits per heavy atom. The summed E-state index contributed by atoms with van der Waals surface area (Å²) < 4.78 is 16.5. The minimum atomic E-state index is -0.222. The van der Waals surface area contributed by atoms with E-state index in [2.05, 4.69) is 4.90 Å². The lowest BCUT2D eigenvalue weighted by Gasteiger charge is -2.34. The van der Waals surface area contributed by atoms with Crippen molar-refractivity contribution in [1.82, 2.24) is 9.80 Å². The van der Waals surface area contributed by atoms with Crippen LogP contribution < -0.4 is 9.47 Å². The number of rotatable bonds is 6. The smallest absolute Gasteiger partial charge is 0.260 e. The fourth-order valence-electron chi connectivity index (χ4n) is 3.36. The van der Waals surface area contributed by atoms with Crippen LogP contribution in [0.3, 0.4) is 0 Å². The molecule has 0 aliphatic carbocycles. The quantitative estimate of drug-likeness (QED) is 0.736. The second kappa shape index (κ2) is 8.50. The van der Waals surface area contributed by atoms with Gasteiger partial charge in [0, 0.05) is 44.9 Å². The zero-order valence-electron chi connectivity index (χ0n) is 15.9. The third kappa shape index (κ3) is 4.33. The van der Waals surface area contributed by atoms with Gasteiger partial charge in [-0.25, -0.2) is 0 Å². The van der Waals surface area contributed by atoms with E-state index in [1.807, 2.05) is 0 Å². The number of benzene rings is 1. The van der Waals surface area contributed by atoms with E-state index >= 15 is 0 Å². The number of hydrogen-bond donors (Lipinski definition) is 1. The first kappa shape index (κ1) is 19.2. The van der Waals surface area contributed by atoms with Gasteiger partial charge in [-0.15, -0.1) is 0 Å². The van der Waals surface area contributed by atoms with Crippen molar-refractivity contribution in [3.05, 3.63) is 53.7 Å². The number of amides is 1. The lowest BCUT2D eigenvalue weighted by Crippen LogP contribution is -2.50. The van der Waals surface area contributed by atoms with Crippen molar-refractivity contribution in [3.63, 3.8) is 0 Å². The monoisotopic (exact) mass is 398 g/mol. The van der Waals surface area contributed by atoms with Crippen LogP contribution in [0.1, 0.15) is 16.1 Å². The topological polar surface area (TPSA) is 92.5 Å². The Labute approximate surface area is 167 Å². The highest BCUT2D eigenvalue weighted by Gasteiger charge is 2.28. The Balaban J connectivity index is 1.34. The molecular formula is C21H22N2O6. The summed E-state index contributed by atoms with van der Waals surface area (Å²) in [6, 6.07) is 8.37. The number of fused-ring (bicyclic) bond motifs is 1. The zero-order valence-corrected chi connectivity index (χ0v) is 15.9. The molecule has 2 aromatic rings. The fourth-order valence-corrected chi connectivity index (χ4v) is 3.36. The molecule has 0 unspecified atom stereocenters. The lowest BCUT2D eigenvalue weighted by atomic mass is 10.1. The van der Waals surface area contributed by atoms with Crippen LogP contribution in [0, 0.1) is 0 Å². The second-order valence-corrected chi connectivity index (χ2v) is 6.85. The summed E-state index contributed by atoms with van der Waals surface area (Å²) in [5, 5.41) is 8.99. The number of allylic oxidation sites excluding steroid dienone is 1. The highest BCUT2D eigenvalue weighted by atomic mass is 16.5. The molecule has 4 rings (SSSR count). The number of aliphatic hydroxyl groups is 1. The number of hydrogen-bond acceptors (Lipinski definition) is 7. The summed E-state index contributed by atoms with van der Waals surface area (Å²) in [6.07, 6.45) is 3.07. The molecule has 8 nitrogen and oxygen atoms in total. The number of β-amino-alcohol motifs (C(OH)–C–C–N with tert-alkyl or cyclic N) is 1. The predicted molar refractivity (Wildman–Crippen MR) is 104 cm³/mol. The van der Waals surface area contributed by atoms with Gasteiger partial charge in [-0.05, 0) is 24.3 Å². The van der Waals surface area contributed by atoms with Crippen molar-refractivity contribution >= 4 is 17.8 Å². The van der Waals surface area contributed by atoms with Crippen molar-refractivity contribution < 1.29 is 28.6 Å². The van der Waals surface area contributed by atoms with E-state index in [9.17, 15) is 9.59 Å². The van der Waals surface area contributed by atoms with E-state index in [1.54, 1.807) is 41.3 Å². The molecule has 2 aliphatic rings. The Morgan fingerprint density at radius 1 is 1.21 bits per heavy atom. The molecule has 0 radical (unpaired) electrons. The summed E-state index contributed by atoms with van der Waals surface area (Å²) in [7, 11) is 0. The molecule has 2 aliphatic heterocycles. The number of carbonyl (C=O) groups excluding carboxylic acids is 2. The van der Waals surface area contributed by atoms with E-state index in [0.29, 0.717) is 42.5 Å². The molecule has 1 saturated heterocycles. The maximum Gasteiger partial charge on any atom is 0.260 e. The molecule has 1 aromatic carbocycles. The molecule has 1 N–H and O–H groups in total. The van der Waals surface area contributed by atoms with E-state index in [1.165, 1.54) is 6.26 Å². The Hall–Kier alpha value is -3.10. The van der Waals surface area contributed by atoms with Gasteiger partial charge in [-0.1, -0.05) is 0 Å². The number of ether oxygens (including phenoxy) is 2. The molecule has 8 heteroatoms. The number of furan rings is 1. The molecule has 29 heavy (non-hydrogen) atoms.